The number of hydrogen-bond acceptors (Lipinski definition) is 4. The van der Waals surface area contributed by atoms with Crippen LogP contribution in [0.1, 0.15) is 5.56 Å². The van der Waals surface area contributed by atoms with E-state index >= 15 is 0 Å². The normalized spacial score (nSPS) is 17.1. The minimum Gasteiger partial charge on any atom is -0.497 e. The Labute approximate surface area is 115 Å². The number of carbonyl (C=O) groups excluding carboxylic acids is 2. The molecule has 1 aliphatic rings. The number of rotatable bonds is 4. The van der Waals surface area contributed by atoms with Crippen molar-refractivity contribution in [1.29, 1.82) is 0 Å². The van der Waals surface area contributed by atoms with Crippen LogP contribution in [-0.4, -0.2) is 29.7 Å². The lowest BCUT2D eigenvalue weighted by Crippen LogP contribution is -2.27. The molecule has 1 saturated heterocycles. The number of nitrogens with zero attached hydrogens (tertiary/aromatic N) is 1. The van der Waals surface area contributed by atoms with Crippen LogP contribution in [0.25, 0.3) is 6.08 Å². The van der Waals surface area contributed by atoms with Crippen LogP contribution in [0.5, 0.6) is 5.75 Å². The average molecular weight is 275 g/mol. The highest BCUT2D eigenvalue weighted by Crippen LogP contribution is 2.32. The molecular weight excluding hydrogens is 262 g/mol. The van der Waals surface area contributed by atoms with E-state index in [1.807, 2.05) is 24.3 Å². The fourth-order valence-corrected chi connectivity index (χ4v) is 2.52. The fourth-order valence-electron chi connectivity index (χ4n) is 1.67. The van der Waals surface area contributed by atoms with Crippen LogP contribution >= 0.6 is 11.8 Å². The first-order valence-electron chi connectivity index (χ1n) is 5.66. The molecule has 5 heteroatoms. The van der Waals surface area contributed by atoms with Gasteiger partial charge in [-0.05, 0) is 35.5 Å². The monoisotopic (exact) mass is 275 g/mol. The van der Waals surface area contributed by atoms with E-state index in [1.165, 1.54) is 11.0 Å². The second kappa shape index (κ2) is 5.75. The maximum Gasteiger partial charge on any atom is 0.293 e. The predicted molar refractivity (Wildman–Crippen MR) is 75.9 cm³/mol. The summed E-state index contributed by atoms with van der Waals surface area (Å²) >= 11 is 0.940. The van der Waals surface area contributed by atoms with Gasteiger partial charge in [-0.3, -0.25) is 14.5 Å². The van der Waals surface area contributed by atoms with Gasteiger partial charge in [0.2, 0.25) is 0 Å². The van der Waals surface area contributed by atoms with Crippen molar-refractivity contribution < 1.29 is 14.3 Å². The van der Waals surface area contributed by atoms with Crippen LogP contribution in [0.3, 0.4) is 0 Å². The van der Waals surface area contributed by atoms with E-state index in [4.69, 9.17) is 4.74 Å². The molecule has 1 heterocycles. The van der Waals surface area contributed by atoms with E-state index in [0.717, 1.165) is 17.3 Å². The number of amides is 2. The third-order valence-electron chi connectivity index (χ3n) is 2.58. The molecule has 1 aromatic carbocycles. The van der Waals surface area contributed by atoms with Gasteiger partial charge in [-0.2, -0.15) is 0 Å². The van der Waals surface area contributed by atoms with Crippen LogP contribution in [0.15, 0.2) is 41.8 Å². The number of methoxy groups -OCH3 is 1. The topological polar surface area (TPSA) is 46.6 Å². The minimum absolute atomic E-state index is 0.236. The van der Waals surface area contributed by atoms with Gasteiger partial charge in [-0.25, -0.2) is 0 Å². The Morgan fingerprint density at radius 2 is 2.21 bits per heavy atom. The van der Waals surface area contributed by atoms with Gasteiger partial charge in [0.1, 0.15) is 5.75 Å². The molecule has 0 aromatic heterocycles. The number of carbonyl (C=O) groups is 2. The molecular formula is C14H13NO3S. The molecule has 4 nitrogen and oxygen atoms in total. The molecule has 19 heavy (non-hydrogen) atoms. The third-order valence-corrected chi connectivity index (χ3v) is 3.48. The summed E-state index contributed by atoms with van der Waals surface area (Å²) in [6.45, 7) is 3.77. The van der Waals surface area contributed by atoms with Crippen molar-refractivity contribution in [3.8, 4) is 5.75 Å². The van der Waals surface area contributed by atoms with Crippen molar-refractivity contribution in [2.24, 2.45) is 0 Å². The van der Waals surface area contributed by atoms with Crippen molar-refractivity contribution in [1.82, 2.24) is 4.90 Å². The van der Waals surface area contributed by atoms with Gasteiger partial charge in [0, 0.05) is 6.54 Å². The summed E-state index contributed by atoms with van der Waals surface area (Å²) in [5.74, 6) is 0.428. The summed E-state index contributed by atoms with van der Waals surface area (Å²) in [4.78, 5) is 25.2. The van der Waals surface area contributed by atoms with Gasteiger partial charge >= 0.3 is 0 Å². The van der Waals surface area contributed by atoms with Crippen LogP contribution in [0.2, 0.25) is 0 Å². The summed E-state index contributed by atoms with van der Waals surface area (Å²) < 4.78 is 5.12. The zero-order valence-electron chi connectivity index (χ0n) is 10.5. The van der Waals surface area contributed by atoms with Gasteiger partial charge in [-0.1, -0.05) is 18.2 Å². The molecule has 1 aliphatic heterocycles. The molecule has 0 radical (unpaired) electrons. The van der Waals surface area contributed by atoms with Crippen LogP contribution < -0.4 is 4.74 Å². The molecule has 0 aliphatic carbocycles. The molecule has 1 fully saturated rings. The molecule has 0 spiro atoms. The summed E-state index contributed by atoms with van der Waals surface area (Å²) in [6.07, 6.45) is 3.22. The average Bonchev–Trinajstić information content (AvgIpc) is 2.67. The second-order valence-electron chi connectivity index (χ2n) is 3.86. The van der Waals surface area contributed by atoms with Gasteiger partial charge < -0.3 is 4.74 Å². The highest BCUT2D eigenvalue weighted by Gasteiger charge is 2.33. The molecule has 0 saturated carbocycles. The van der Waals surface area contributed by atoms with Crippen molar-refractivity contribution >= 4 is 29.0 Å². The Hall–Kier alpha value is -2.01. The highest BCUT2D eigenvalue weighted by atomic mass is 32.2. The molecule has 0 atom stereocenters. The first-order valence-corrected chi connectivity index (χ1v) is 6.47. The van der Waals surface area contributed by atoms with Crippen LogP contribution in [0, 0.1) is 0 Å². The summed E-state index contributed by atoms with van der Waals surface area (Å²) in [7, 11) is 1.58. The number of hydrogen-bond donors (Lipinski definition) is 0. The number of benzene rings is 1. The smallest absolute Gasteiger partial charge is 0.293 e. The van der Waals surface area contributed by atoms with E-state index in [1.54, 1.807) is 13.2 Å². The van der Waals surface area contributed by atoms with Gasteiger partial charge in [0.25, 0.3) is 11.1 Å². The van der Waals surface area contributed by atoms with Crippen molar-refractivity contribution in [3.05, 3.63) is 47.4 Å². The summed E-state index contributed by atoms with van der Waals surface area (Å²) in [5.41, 5.74) is 0.823. The van der Waals surface area contributed by atoms with E-state index < -0.39 is 0 Å². The van der Waals surface area contributed by atoms with Gasteiger partial charge in [0.05, 0.1) is 12.0 Å². The number of ether oxygens (including phenoxy) is 1. The van der Waals surface area contributed by atoms with Crippen molar-refractivity contribution in [3.63, 3.8) is 0 Å². The quantitative estimate of drug-likeness (QED) is 0.626. The Balaban J connectivity index is 2.26. The summed E-state index contributed by atoms with van der Waals surface area (Å²) in [6, 6.07) is 7.31. The first-order chi connectivity index (χ1) is 9.15. The molecule has 0 unspecified atom stereocenters. The first kappa shape index (κ1) is 13.4. The molecule has 1 aromatic rings. The van der Waals surface area contributed by atoms with E-state index in [2.05, 4.69) is 6.58 Å². The van der Waals surface area contributed by atoms with E-state index in [9.17, 15) is 9.59 Å². The van der Waals surface area contributed by atoms with Gasteiger partial charge in [0.15, 0.2) is 0 Å². The molecule has 2 amide bonds. The maximum atomic E-state index is 12.0. The lowest BCUT2D eigenvalue weighted by atomic mass is 10.2. The highest BCUT2D eigenvalue weighted by molar-refractivity contribution is 8.18. The molecule has 0 N–H and O–H groups in total. The Morgan fingerprint density at radius 1 is 1.42 bits per heavy atom. The van der Waals surface area contributed by atoms with E-state index in [0.29, 0.717) is 10.7 Å². The SMILES string of the molecule is C=CCN1C(=O)S/C(=C/c2cccc(OC)c2)C1=O. The fraction of sp³-hybridized carbons (Fsp3) is 0.143. The van der Waals surface area contributed by atoms with Crippen LogP contribution in [-0.2, 0) is 4.79 Å². The van der Waals surface area contributed by atoms with Crippen LogP contribution in [0.4, 0.5) is 4.79 Å². The second-order valence-corrected chi connectivity index (χ2v) is 4.85. The van der Waals surface area contributed by atoms with Crippen molar-refractivity contribution in [2.75, 3.05) is 13.7 Å². The van der Waals surface area contributed by atoms with Gasteiger partial charge in [-0.15, -0.1) is 6.58 Å². The lowest BCUT2D eigenvalue weighted by Gasteiger charge is -2.07. The minimum atomic E-state index is -0.280. The number of imide groups is 1. The Kier molecular flexibility index (Phi) is 4.06. The predicted octanol–water partition coefficient (Wildman–Crippen LogP) is 2.92. The zero-order chi connectivity index (χ0) is 13.8. The molecule has 0 bridgehead atoms. The number of thioether (sulfide) groups is 1. The largest absolute Gasteiger partial charge is 0.497 e. The Morgan fingerprint density at radius 3 is 2.89 bits per heavy atom. The van der Waals surface area contributed by atoms with Crippen molar-refractivity contribution in [2.45, 2.75) is 0 Å². The molecule has 98 valence electrons. The third kappa shape index (κ3) is 2.88. The standard InChI is InChI=1S/C14H13NO3S/c1-3-7-15-13(16)12(19-14(15)17)9-10-5-4-6-11(8-10)18-2/h3-6,8-9H,1,7H2,2H3/b12-9+. The van der Waals surface area contributed by atoms with E-state index in [-0.39, 0.29) is 17.7 Å². The Bertz CT molecular complexity index is 566. The summed E-state index contributed by atoms with van der Waals surface area (Å²) in [5, 5.41) is -0.265. The maximum absolute atomic E-state index is 12.0. The zero-order valence-corrected chi connectivity index (χ0v) is 11.3. The lowest BCUT2D eigenvalue weighted by molar-refractivity contribution is -0.122. The molecule has 2 rings (SSSR count).